The number of aromatic hydroxyl groups is 3. The number of rotatable bonds is 6. The zero-order valence-electron chi connectivity index (χ0n) is 17.8. The van der Waals surface area contributed by atoms with Gasteiger partial charge in [-0.1, -0.05) is 18.2 Å². The molecular formula is C24H22O9. The highest BCUT2D eigenvalue weighted by atomic mass is 16.5. The van der Waals surface area contributed by atoms with Gasteiger partial charge in [-0.3, -0.25) is 9.59 Å². The number of aromatic carboxylic acids is 1. The van der Waals surface area contributed by atoms with E-state index in [4.69, 9.17) is 29.9 Å². The second-order valence-corrected chi connectivity index (χ2v) is 6.70. The van der Waals surface area contributed by atoms with Crippen LogP contribution in [0.2, 0.25) is 0 Å². The Kier molecular flexibility index (Phi) is 8.00. The summed E-state index contributed by atoms with van der Waals surface area (Å²) in [6.45, 7) is 3.77. The van der Waals surface area contributed by atoms with Crippen molar-refractivity contribution < 1.29 is 44.3 Å². The van der Waals surface area contributed by atoms with E-state index in [-0.39, 0.29) is 28.8 Å². The molecule has 0 fully saturated rings. The van der Waals surface area contributed by atoms with Crippen LogP contribution in [0.15, 0.2) is 72.5 Å². The summed E-state index contributed by atoms with van der Waals surface area (Å²) in [7, 11) is 2.95. The molecule has 2 aromatic carbocycles. The number of carboxylic acid groups (broad SMARTS) is 1. The SMILES string of the molecule is C=CC(C1=CC(=O)C(OC)=CC1=O)c1ccc(OC)cc1.O=C(O)c1cc(O)c(O)c(O)c1. The lowest BCUT2D eigenvalue weighted by molar-refractivity contribution is -0.117. The van der Waals surface area contributed by atoms with E-state index in [1.807, 2.05) is 12.1 Å². The number of carbonyl (C=O) groups is 3. The zero-order valence-corrected chi connectivity index (χ0v) is 17.8. The molecule has 1 unspecified atom stereocenters. The van der Waals surface area contributed by atoms with Crippen molar-refractivity contribution in [3.8, 4) is 23.0 Å². The molecular weight excluding hydrogens is 432 g/mol. The summed E-state index contributed by atoms with van der Waals surface area (Å²) in [4.78, 5) is 34.3. The van der Waals surface area contributed by atoms with Crippen molar-refractivity contribution in [1.82, 2.24) is 0 Å². The average Bonchev–Trinajstić information content (AvgIpc) is 2.80. The molecule has 0 radical (unpaired) electrons. The fraction of sp³-hybridized carbons (Fsp3) is 0.125. The van der Waals surface area contributed by atoms with Crippen LogP contribution in [-0.2, 0) is 14.3 Å². The van der Waals surface area contributed by atoms with E-state index in [2.05, 4.69) is 6.58 Å². The molecule has 9 nitrogen and oxygen atoms in total. The van der Waals surface area contributed by atoms with Crippen LogP contribution in [0.5, 0.6) is 23.0 Å². The molecule has 0 amide bonds. The number of phenolic OH excluding ortho intramolecular Hbond substituents is 3. The summed E-state index contributed by atoms with van der Waals surface area (Å²) in [6.07, 6.45) is 4.18. The highest BCUT2D eigenvalue weighted by Gasteiger charge is 2.26. The summed E-state index contributed by atoms with van der Waals surface area (Å²) in [5.74, 6) is -3.45. The summed E-state index contributed by atoms with van der Waals surface area (Å²) in [6, 6.07) is 8.99. The number of ether oxygens (including phenoxy) is 2. The van der Waals surface area contributed by atoms with Gasteiger partial charge in [0.05, 0.1) is 19.8 Å². The maximum atomic E-state index is 12.2. The van der Waals surface area contributed by atoms with E-state index in [1.54, 1.807) is 25.3 Å². The molecule has 172 valence electrons. The van der Waals surface area contributed by atoms with Gasteiger partial charge in [0.15, 0.2) is 28.8 Å². The lowest BCUT2D eigenvalue weighted by Crippen LogP contribution is -2.18. The number of allylic oxidation sites excluding steroid dienone is 4. The lowest BCUT2D eigenvalue weighted by Gasteiger charge is -2.18. The molecule has 1 aliphatic rings. The molecule has 0 saturated carbocycles. The number of phenols is 3. The fourth-order valence-corrected chi connectivity index (χ4v) is 2.94. The van der Waals surface area contributed by atoms with Gasteiger partial charge in [-0.05, 0) is 35.9 Å². The second-order valence-electron chi connectivity index (χ2n) is 6.70. The topological polar surface area (TPSA) is 151 Å². The predicted octanol–water partition coefficient (Wildman–Crippen LogP) is 3.07. The van der Waals surface area contributed by atoms with Gasteiger partial charge in [-0.15, -0.1) is 6.58 Å². The van der Waals surface area contributed by atoms with E-state index < -0.39 is 23.2 Å². The minimum absolute atomic E-state index is 0.0568. The van der Waals surface area contributed by atoms with Gasteiger partial charge in [0, 0.05) is 17.6 Å². The highest BCUT2D eigenvalue weighted by Crippen LogP contribution is 2.35. The van der Waals surface area contributed by atoms with Crippen molar-refractivity contribution in [2.45, 2.75) is 5.92 Å². The number of benzene rings is 2. The Balaban J connectivity index is 0.000000273. The molecule has 33 heavy (non-hydrogen) atoms. The number of carbonyl (C=O) groups excluding carboxylic acids is 2. The minimum Gasteiger partial charge on any atom is -0.504 e. The van der Waals surface area contributed by atoms with Crippen LogP contribution >= 0.6 is 0 Å². The molecule has 1 atom stereocenters. The van der Waals surface area contributed by atoms with Crippen molar-refractivity contribution in [2.75, 3.05) is 14.2 Å². The van der Waals surface area contributed by atoms with Gasteiger partial charge >= 0.3 is 5.97 Å². The Labute approximate surface area is 189 Å². The predicted molar refractivity (Wildman–Crippen MR) is 118 cm³/mol. The van der Waals surface area contributed by atoms with Gasteiger partial charge in [0.25, 0.3) is 0 Å². The number of carboxylic acids is 1. The Morgan fingerprint density at radius 1 is 0.939 bits per heavy atom. The number of methoxy groups -OCH3 is 2. The van der Waals surface area contributed by atoms with E-state index in [9.17, 15) is 14.4 Å². The Morgan fingerprint density at radius 2 is 1.52 bits per heavy atom. The Hall–Kier alpha value is -4.53. The van der Waals surface area contributed by atoms with E-state index in [1.165, 1.54) is 19.3 Å². The van der Waals surface area contributed by atoms with Gasteiger partial charge in [0.1, 0.15) is 5.75 Å². The normalized spacial score (nSPS) is 13.6. The quantitative estimate of drug-likeness (QED) is 0.293. The second kappa shape index (κ2) is 10.7. The van der Waals surface area contributed by atoms with E-state index in [0.717, 1.165) is 23.4 Å². The summed E-state index contributed by atoms with van der Waals surface area (Å²) in [5.41, 5.74) is 0.969. The maximum Gasteiger partial charge on any atom is 0.335 e. The molecule has 0 saturated heterocycles. The molecule has 3 rings (SSSR count). The van der Waals surface area contributed by atoms with Crippen molar-refractivity contribution in [2.24, 2.45) is 0 Å². The minimum atomic E-state index is -1.29. The van der Waals surface area contributed by atoms with Crippen LogP contribution in [0.4, 0.5) is 0 Å². The monoisotopic (exact) mass is 454 g/mol. The molecule has 4 N–H and O–H groups in total. The Morgan fingerprint density at radius 3 is 1.97 bits per heavy atom. The molecule has 1 aliphatic carbocycles. The first-order valence-corrected chi connectivity index (χ1v) is 9.43. The van der Waals surface area contributed by atoms with Crippen LogP contribution in [0.1, 0.15) is 21.8 Å². The first-order valence-electron chi connectivity index (χ1n) is 9.43. The first kappa shape index (κ1) is 24.7. The van der Waals surface area contributed by atoms with Gasteiger partial charge < -0.3 is 29.9 Å². The van der Waals surface area contributed by atoms with Crippen LogP contribution in [0.25, 0.3) is 0 Å². The summed E-state index contributed by atoms with van der Waals surface area (Å²) in [5, 5.41) is 35.0. The first-order chi connectivity index (χ1) is 15.6. The van der Waals surface area contributed by atoms with E-state index in [0.29, 0.717) is 5.57 Å². The smallest absolute Gasteiger partial charge is 0.335 e. The van der Waals surface area contributed by atoms with Crippen LogP contribution in [0.3, 0.4) is 0 Å². The molecule has 2 aromatic rings. The third kappa shape index (κ3) is 5.79. The van der Waals surface area contributed by atoms with Crippen molar-refractivity contribution in [3.63, 3.8) is 0 Å². The van der Waals surface area contributed by atoms with E-state index >= 15 is 0 Å². The van der Waals surface area contributed by atoms with Crippen molar-refractivity contribution in [3.05, 3.63) is 83.7 Å². The van der Waals surface area contributed by atoms with Crippen molar-refractivity contribution in [1.29, 1.82) is 0 Å². The number of hydrogen-bond acceptors (Lipinski definition) is 8. The highest BCUT2D eigenvalue weighted by molar-refractivity contribution is 6.19. The molecule has 0 aliphatic heterocycles. The van der Waals surface area contributed by atoms with Gasteiger partial charge in [-0.2, -0.15) is 0 Å². The van der Waals surface area contributed by atoms with Crippen LogP contribution in [-0.4, -0.2) is 52.2 Å². The molecule has 9 heteroatoms. The average molecular weight is 454 g/mol. The fourth-order valence-electron chi connectivity index (χ4n) is 2.94. The van der Waals surface area contributed by atoms with Gasteiger partial charge in [0.2, 0.25) is 5.78 Å². The van der Waals surface area contributed by atoms with Crippen LogP contribution < -0.4 is 4.74 Å². The summed E-state index contributed by atoms with van der Waals surface area (Å²) >= 11 is 0. The molecule has 0 aromatic heterocycles. The third-order valence-corrected chi connectivity index (χ3v) is 4.66. The molecule has 0 bridgehead atoms. The molecule has 0 spiro atoms. The van der Waals surface area contributed by atoms with Crippen molar-refractivity contribution >= 4 is 17.5 Å². The van der Waals surface area contributed by atoms with Gasteiger partial charge in [-0.25, -0.2) is 4.79 Å². The Bertz CT molecular complexity index is 1120. The lowest BCUT2D eigenvalue weighted by atomic mass is 9.85. The zero-order chi connectivity index (χ0) is 24.7. The molecule has 0 heterocycles. The largest absolute Gasteiger partial charge is 0.504 e. The van der Waals surface area contributed by atoms with Crippen LogP contribution in [0, 0.1) is 0 Å². The number of ketones is 2. The summed E-state index contributed by atoms with van der Waals surface area (Å²) < 4.78 is 9.98. The third-order valence-electron chi connectivity index (χ3n) is 4.66. The number of hydrogen-bond donors (Lipinski definition) is 4. The maximum absolute atomic E-state index is 12.2. The standard InChI is InChI=1S/C17H16O4.C7H6O5/c1-4-13(11-5-7-12(20-2)8-6-11)14-9-16(19)17(21-3)10-15(14)18;8-4-1-3(7(11)12)2-5(9)6(4)10/h4-10,13H,1H2,2-3H3;1-2,8-10H,(H,11,12).